The molecule has 0 saturated carbocycles. The molecule has 1 saturated heterocycles. The molecule has 0 aromatic heterocycles. The lowest BCUT2D eigenvalue weighted by Crippen LogP contribution is -2.38. The van der Waals surface area contributed by atoms with Gasteiger partial charge in [-0.3, -0.25) is 19.3 Å². The summed E-state index contributed by atoms with van der Waals surface area (Å²) < 4.78 is 15.9. The zero-order chi connectivity index (χ0) is 21.8. The number of hydrogen-bond donors (Lipinski definition) is 1. The quantitative estimate of drug-likeness (QED) is 0.633. The molecule has 0 aliphatic carbocycles. The number of rotatable bonds is 7. The zero-order valence-electron chi connectivity index (χ0n) is 16.1. The number of ether oxygens (including phenoxy) is 3. The predicted octanol–water partition coefficient (Wildman–Crippen LogP) is 3.30. The van der Waals surface area contributed by atoms with Crippen LogP contribution in [0.15, 0.2) is 47.4 Å². The number of benzene rings is 2. The maximum atomic E-state index is 12.6. The van der Waals surface area contributed by atoms with Crippen LogP contribution in [0.1, 0.15) is 5.56 Å². The second-order valence-corrected chi connectivity index (χ2v) is 7.97. The number of fused-ring (bicyclic) bond motifs is 1. The van der Waals surface area contributed by atoms with E-state index in [0.717, 1.165) is 22.2 Å². The van der Waals surface area contributed by atoms with Gasteiger partial charge in [-0.25, -0.2) is 0 Å². The lowest BCUT2D eigenvalue weighted by Gasteiger charge is -2.13. The molecule has 3 amide bonds. The Morgan fingerprint density at radius 3 is 2.74 bits per heavy atom. The van der Waals surface area contributed by atoms with Crippen molar-refractivity contribution in [1.29, 1.82) is 0 Å². The minimum atomic E-state index is -0.403. The summed E-state index contributed by atoms with van der Waals surface area (Å²) in [6.45, 7) is 0.160. The van der Waals surface area contributed by atoms with Crippen LogP contribution in [-0.4, -0.2) is 48.4 Å². The molecule has 160 valence electrons. The molecule has 0 atom stereocenters. The maximum Gasteiger partial charge on any atom is 0.293 e. The van der Waals surface area contributed by atoms with Crippen LogP contribution in [0.3, 0.4) is 0 Å². The molecule has 1 N–H and O–H groups in total. The third kappa shape index (κ3) is 5.12. The van der Waals surface area contributed by atoms with E-state index in [1.807, 2.05) is 0 Å². The summed E-state index contributed by atoms with van der Waals surface area (Å²) in [6, 6.07) is 11.9. The number of amides is 3. The van der Waals surface area contributed by atoms with Gasteiger partial charge in [0.15, 0.2) is 18.1 Å². The van der Waals surface area contributed by atoms with E-state index in [2.05, 4.69) is 5.32 Å². The highest BCUT2D eigenvalue weighted by Crippen LogP contribution is 2.36. The van der Waals surface area contributed by atoms with Gasteiger partial charge >= 0.3 is 0 Å². The number of thioether (sulfide) groups is 1. The number of carbonyl (C=O) groups is 3. The summed E-state index contributed by atoms with van der Waals surface area (Å²) in [5, 5.41) is 2.82. The van der Waals surface area contributed by atoms with E-state index >= 15 is 0 Å². The smallest absolute Gasteiger partial charge is 0.293 e. The second kappa shape index (κ2) is 9.32. The molecular formula is C21H17ClN2O6S. The van der Waals surface area contributed by atoms with Crippen molar-refractivity contribution in [3.63, 3.8) is 0 Å². The van der Waals surface area contributed by atoms with Gasteiger partial charge in [-0.2, -0.15) is 0 Å². The third-order valence-corrected chi connectivity index (χ3v) is 5.57. The molecule has 4 rings (SSSR count). The molecule has 2 heterocycles. The monoisotopic (exact) mass is 460 g/mol. The number of nitrogens with one attached hydrogen (secondary N) is 1. The van der Waals surface area contributed by atoms with E-state index in [1.54, 1.807) is 48.5 Å². The summed E-state index contributed by atoms with van der Waals surface area (Å²) in [5.41, 5.74) is 0.724. The van der Waals surface area contributed by atoms with Crippen LogP contribution in [0.4, 0.5) is 4.79 Å². The van der Waals surface area contributed by atoms with Gasteiger partial charge in [0, 0.05) is 18.1 Å². The second-order valence-electron chi connectivity index (χ2n) is 6.54. The van der Waals surface area contributed by atoms with E-state index in [0.29, 0.717) is 27.2 Å². The highest BCUT2D eigenvalue weighted by molar-refractivity contribution is 8.18. The largest absolute Gasteiger partial charge is 0.484 e. The number of carbonyl (C=O) groups excluding carboxylic acids is 3. The molecule has 2 aliphatic heterocycles. The topological polar surface area (TPSA) is 94.2 Å². The van der Waals surface area contributed by atoms with Crippen LogP contribution in [-0.2, 0) is 9.59 Å². The van der Waals surface area contributed by atoms with Crippen LogP contribution in [0.25, 0.3) is 6.08 Å². The van der Waals surface area contributed by atoms with Gasteiger partial charge < -0.3 is 19.5 Å². The molecule has 0 spiro atoms. The Kier molecular flexibility index (Phi) is 6.34. The average Bonchev–Trinajstić information content (AvgIpc) is 3.32. The molecule has 10 heteroatoms. The molecular weight excluding hydrogens is 444 g/mol. The summed E-state index contributed by atoms with van der Waals surface area (Å²) in [6.07, 6.45) is 1.63. The normalized spacial score (nSPS) is 16.2. The van der Waals surface area contributed by atoms with Crippen molar-refractivity contribution in [2.24, 2.45) is 0 Å². The van der Waals surface area contributed by atoms with E-state index in [1.165, 1.54) is 0 Å². The van der Waals surface area contributed by atoms with Crippen molar-refractivity contribution >= 4 is 46.5 Å². The SMILES string of the molecule is O=C(COc1ccc(Cl)cc1)NCCN1C(=O)S/C(=C\c2ccc3c(c2)OCO3)C1=O. The predicted molar refractivity (Wildman–Crippen MR) is 115 cm³/mol. The molecule has 2 aromatic rings. The lowest BCUT2D eigenvalue weighted by molar-refractivity contribution is -0.125. The van der Waals surface area contributed by atoms with Crippen LogP contribution in [0.5, 0.6) is 17.2 Å². The summed E-state index contributed by atoms with van der Waals surface area (Å²) in [5.74, 6) is 0.980. The first kappa shape index (κ1) is 21.1. The van der Waals surface area contributed by atoms with Crippen molar-refractivity contribution in [2.45, 2.75) is 0 Å². The minimum Gasteiger partial charge on any atom is -0.484 e. The van der Waals surface area contributed by atoms with Crippen molar-refractivity contribution in [3.05, 3.63) is 58.0 Å². The molecule has 1 fully saturated rings. The Hall–Kier alpha value is -3.17. The van der Waals surface area contributed by atoms with Crippen LogP contribution < -0.4 is 19.5 Å². The first-order chi connectivity index (χ1) is 15.0. The Balaban J connectivity index is 1.27. The van der Waals surface area contributed by atoms with Crippen LogP contribution in [0, 0.1) is 0 Å². The summed E-state index contributed by atoms with van der Waals surface area (Å²) in [4.78, 5) is 38.1. The van der Waals surface area contributed by atoms with Gasteiger partial charge in [0.2, 0.25) is 6.79 Å². The van der Waals surface area contributed by atoms with Crippen LogP contribution >= 0.6 is 23.4 Å². The van der Waals surface area contributed by atoms with Crippen molar-refractivity contribution in [3.8, 4) is 17.2 Å². The Labute approximate surface area is 187 Å². The molecule has 0 radical (unpaired) electrons. The lowest BCUT2D eigenvalue weighted by atomic mass is 10.2. The van der Waals surface area contributed by atoms with Gasteiger partial charge in [0.1, 0.15) is 5.75 Å². The van der Waals surface area contributed by atoms with Gasteiger partial charge in [-0.1, -0.05) is 17.7 Å². The minimum absolute atomic E-state index is 0.0653. The Morgan fingerprint density at radius 2 is 1.94 bits per heavy atom. The number of hydrogen-bond acceptors (Lipinski definition) is 7. The first-order valence-electron chi connectivity index (χ1n) is 9.30. The molecule has 8 nitrogen and oxygen atoms in total. The van der Waals surface area contributed by atoms with Crippen LogP contribution in [0.2, 0.25) is 5.02 Å². The maximum absolute atomic E-state index is 12.6. The summed E-state index contributed by atoms with van der Waals surface area (Å²) >= 11 is 6.65. The number of nitrogens with zero attached hydrogens (tertiary/aromatic N) is 1. The number of imide groups is 1. The summed E-state index contributed by atoms with van der Waals surface area (Å²) in [7, 11) is 0. The van der Waals surface area contributed by atoms with E-state index in [-0.39, 0.29) is 37.6 Å². The Bertz CT molecular complexity index is 1060. The molecule has 2 aliphatic rings. The highest BCUT2D eigenvalue weighted by Gasteiger charge is 2.34. The van der Waals surface area contributed by atoms with E-state index in [9.17, 15) is 14.4 Å². The molecule has 2 aromatic carbocycles. The Morgan fingerprint density at radius 1 is 1.16 bits per heavy atom. The van der Waals surface area contributed by atoms with Crippen molar-refractivity contribution < 1.29 is 28.6 Å². The third-order valence-electron chi connectivity index (χ3n) is 4.41. The average molecular weight is 461 g/mol. The fraction of sp³-hybridized carbons (Fsp3) is 0.190. The highest BCUT2D eigenvalue weighted by atomic mass is 35.5. The van der Waals surface area contributed by atoms with Gasteiger partial charge in [-0.15, -0.1) is 0 Å². The fourth-order valence-electron chi connectivity index (χ4n) is 2.88. The zero-order valence-corrected chi connectivity index (χ0v) is 17.7. The van der Waals surface area contributed by atoms with Gasteiger partial charge in [0.05, 0.1) is 4.91 Å². The first-order valence-corrected chi connectivity index (χ1v) is 10.5. The van der Waals surface area contributed by atoms with E-state index in [4.69, 9.17) is 25.8 Å². The number of halogens is 1. The van der Waals surface area contributed by atoms with Crippen molar-refractivity contribution in [2.75, 3.05) is 26.5 Å². The van der Waals surface area contributed by atoms with Gasteiger partial charge in [0.25, 0.3) is 17.1 Å². The molecule has 0 bridgehead atoms. The standard InChI is InChI=1S/C21H17ClN2O6S/c22-14-2-4-15(5-3-14)28-11-19(25)23-7-8-24-20(26)18(31-21(24)27)10-13-1-6-16-17(9-13)30-12-29-16/h1-6,9-10H,7-8,11-12H2,(H,23,25)/b18-10-. The molecule has 0 unspecified atom stereocenters. The van der Waals surface area contributed by atoms with E-state index < -0.39 is 5.91 Å². The van der Waals surface area contributed by atoms with Gasteiger partial charge in [-0.05, 0) is 59.8 Å². The fourth-order valence-corrected chi connectivity index (χ4v) is 3.88. The van der Waals surface area contributed by atoms with Crippen molar-refractivity contribution in [1.82, 2.24) is 10.2 Å². The molecule has 31 heavy (non-hydrogen) atoms.